The van der Waals surface area contributed by atoms with Crippen molar-refractivity contribution in [3.05, 3.63) is 101 Å². The van der Waals surface area contributed by atoms with Gasteiger partial charge in [0.1, 0.15) is 5.75 Å². The minimum Gasteiger partial charge on any atom is -0.497 e. The zero-order valence-corrected chi connectivity index (χ0v) is 19.7. The molecule has 0 spiro atoms. The molecule has 5 heteroatoms. The quantitative estimate of drug-likeness (QED) is 0.536. The maximum atomic E-state index is 13.8. The normalized spacial score (nSPS) is 19.6. The van der Waals surface area contributed by atoms with Crippen LogP contribution in [0.4, 0.5) is 11.4 Å². The largest absolute Gasteiger partial charge is 0.497 e. The number of amides is 1. The number of hydrogen-bond acceptors (Lipinski definition) is 4. The Morgan fingerprint density at radius 1 is 0.941 bits per heavy atom. The van der Waals surface area contributed by atoms with E-state index < -0.39 is 6.04 Å². The molecule has 5 rings (SSSR count). The number of nitrogens with zero attached hydrogens (tertiary/aromatic N) is 1. The summed E-state index contributed by atoms with van der Waals surface area (Å²) in [5.41, 5.74) is 6.36. The number of ketones is 1. The third-order valence-electron chi connectivity index (χ3n) is 6.81. The number of ether oxygens (including phenoxy) is 1. The van der Waals surface area contributed by atoms with Crippen LogP contribution in [0.3, 0.4) is 0 Å². The third kappa shape index (κ3) is 3.87. The van der Waals surface area contributed by atoms with E-state index in [2.05, 4.69) is 5.32 Å². The van der Waals surface area contributed by atoms with E-state index in [9.17, 15) is 9.59 Å². The lowest BCUT2D eigenvalue weighted by molar-refractivity contribution is -0.117. The van der Waals surface area contributed by atoms with Gasteiger partial charge in [-0.2, -0.15) is 0 Å². The summed E-state index contributed by atoms with van der Waals surface area (Å²) in [6.45, 7) is 3.60. The van der Waals surface area contributed by atoms with Gasteiger partial charge in [0.05, 0.1) is 24.5 Å². The number of anilines is 2. The van der Waals surface area contributed by atoms with Gasteiger partial charge < -0.3 is 10.1 Å². The number of Topliss-reactive ketones (excluding diaryl/α,β-unsaturated/α-hetero) is 1. The van der Waals surface area contributed by atoms with Gasteiger partial charge in [-0.3, -0.25) is 14.5 Å². The molecule has 0 radical (unpaired) electrons. The lowest BCUT2D eigenvalue weighted by Crippen LogP contribution is -2.37. The van der Waals surface area contributed by atoms with Crippen LogP contribution in [0, 0.1) is 6.92 Å². The lowest BCUT2D eigenvalue weighted by atomic mass is 9.78. The van der Waals surface area contributed by atoms with E-state index in [-0.39, 0.29) is 17.6 Å². The summed E-state index contributed by atoms with van der Waals surface area (Å²) in [6.07, 6.45) is 1.09. The molecule has 2 aliphatic rings. The van der Waals surface area contributed by atoms with E-state index in [0.29, 0.717) is 18.4 Å². The summed E-state index contributed by atoms with van der Waals surface area (Å²) < 4.78 is 5.30. The molecular formula is C29H28N2O3. The number of methoxy groups -OCH3 is 1. The third-order valence-corrected chi connectivity index (χ3v) is 6.81. The first-order valence-corrected chi connectivity index (χ1v) is 11.6. The number of carbonyl (C=O) groups excluding carboxylic acids is 2. The van der Waals surface area contributed by atoms with Crippen LogP contribution in [-0.2, 0) is 9.59 Å². The van der Waals surface area contributed by atoms with Crippen molar-refractivity contribution in [1.82, 2.24) is 0 Å². The highest BCUT2D eigenvalue weighted by Crippen LogP contribution is 2.47. The number of para-hydroxylation sites is 2. The Morgan fingerprint density at radius 3 is 2.29 bits per heavy atom. The Morgan fingerprint density at radius 2 is 1.62 bits per heavy atom. The number of benzene rings is 3. The molecule has 1 N–H and O–H groups in total. The average molecular weight is 453 g/mol. The lowest BCUT2D eigenvalue weighted by Gasteiger charge is -2.34. The Hall–Kier alpha value is -3.86. The smallest absolute Gasteiger partial charge is 0.224 e. The first kappa shape index (κ1) is 22.0. The summed E-state index contributed by atoms with van der Waals surface area (Å²) >= 11 is 0. The number of hydrogen-bond donors (Lipinski definition) is 1. The standard InChI is InChI=1S/C29H28N2O3/c1-18-8-10-21(11-9-18)29-28-25(30-24-6-4-5-7-26(24)31(29)19(2)32)16-22(17-27(28)33)20-12-14-23(34-3)15-13-20/h4-15,22,29-30H,16-17H2,1-3H3/t22-,29-/m0/s1. The van der Waals surface area contributed by atoms with Crippen molar-refractivity contribution >= 4 is 23.1 Å². The zero-order chi connectivity index (χ0) is 23.8. The van der Waals surface area contributed by atoms with Crippen LogP contribution in [0.5, 0.6) is 5.75 Å². The highest BCUT2D eigenvalue weighted by atomic mass is 16.5. The van der Waals surface area contributed by atoms with Crippen molar-refractivity contribution in [1.29, 1.82) is 0 Å². The van der Waals surface area contributed by atoms with E-state index in [1.807, 2.05) is 79.7 Å². The minimum absolute atomic E-state index is 0.0550. The van der Waals surface area contributed by atoms with Gasteiger partial charge in [0.2, 0.25) is 5.91 Å². The number of carbonyl (C=O) groups is 2. The molecule has 0 bridgehead atoms. The molecule has 3 aromatic carbocycles. The van der Waals surface area contributed by atoms with Gasteiger partial charge in [-0.1, -0.05) is 54.1 Å². The molecule has 0 saturated carbocycles. The molecule has 34 heavy (non-hydrogen) atoms. The molecule has 3 aromatic rings. The average Bonchev–Trinajstić information content (AvgIpc) is 2.99. The van der Waals surface area contributed by atoms with E-state index in [1.54, 1.807) is 18.9 Å². The highest BCUT2D eigenvalue weighted by molar-refractivity contribution is 6.06. The molecule has 0 aromatic heterocycles. The molecule has 172 valence electrons. The summed E-state index contributed by atoms with van der Waals surface area (Å²) in [7, 11) is 1.65. The maximum Gasteiger partial charge on any atom is 0.224 e. The van der Waals surface area contributed by atoms with Gasteiger partial charge in [-0.15, -0.1) is 0 Å². The number of fused-ring (bicyclic) bond motifs is 1. The van der Waals surface area contributed by atoms with Crippen LogP contribution in [0.25, 0.3) is 0 Å². The summed E-state index contributed by atoms with van der Waals surface area (Å²) in [4.78, 5) is 28.6. The van der Waals surface area contributed by atoms with Gasteiger partial charge >= 0.3 is 0 Å². The van der Waals surface area contributed by atoms with Crippen LogP contribution in [-0.4, -0.2) is 18.8 Å². The van der Waals surface area contributed by atoms with Crippen molar-refractivity contribution in [2.24, 2.45) is 0 Å². The Bertz CT molecular complexity index is 1280. The van der Waals surface area contributed by atoms with E-state index in [1.165, 1.54) is 0 Å². The van der Waals surface area contributed by atoms with Crippen molar-refractivity contribution in [2.45, 2.75) is 38.6 Å². The molecular weight excluding hydrogens is 424 g/mol. The second kappa shape index (κ2) is 8.82. The highest BCUT2D eigenvalue weighted by Gasteiger charge is 2.40. The monoisotopic (exact) mass is 452 g/mol. The topological polar surface area (TPSA) is 58.6 Å². The molecule has 0 fully saturated rings. The first-order chi connectivity index (χ1) is 16.5. The Balaban J connectivity index is 1.66. The SMILES string of the molecule is COc1ccc([C@@H]2CC(=O)C3=C(C2)Nc2ccccc2N(C(C)=O)[C@H]3c2ccc(C)cc2)cc1. The van der Waals surface area contributed by atoms with Gasteiger partial charge in [0.25, 0.3) is 0 Å². The fourth-order valence-electron chi connectivity index (χ4n) is 5.11. The predicted octanol–water partition coefficient (Wildman–Crippen LogP) is 5.92. The number of allylic oxidation sites excluding steroid dienone is 1. The molecule has 0 saturated heterocycles. The van der Waals surface area contributed by atoms with Crippen molar-refractivity contribution in [2.75, 3.05) is 17.3 Å². The molecule has 1 aliphatic carbocycles. The van der Waals surface area contributed by atoms with E-state index in [4.69, 9.17) is 4.74 Å². The van der Waals surface area contributed by atoms with Crippen LogP contribution in [0.2, 0.25) is 0 Å². The first-order valence-electron chi connectivity index (χ1n) is 11.6. The molecule has 1 amide bonds. The second-order valence-electron chi connectivity index (χ2n) is 9.04. The zero-order valence-electron chi connectivity index (χ0n) is 19.7. The number of aryl methyl sites for hydroxylation is 1. The Labute approximate surface area is 200 Å². The maximum absolute atomic E-state index is 13.8. The van der Waals surface area contributed by atoms with E-state index >= 15 is 0 Å². The second-order valence-corrected chi connectivity index (χ2v) is 9.04. The van der Waals surface area contributed by atoms with Crippen molar-refractivity contribution < 1.29 is 14.3 Å². The molecule has 1 heterocycles. The number of nitrogens with one attached hydrogen (secondary N) is 1. The molecule has 0 unspecified atom stereocenters. The van der Waals surface area contributed by atoms with Gasteiger partial charge in [-0.05, 0) is 54.7 Å². The van der Waals surface area contributed by atoms with Crippen molar-refractivity contribution in [3.8, 4) is 5.75 Å². The summed E-state index contributed by atoms with van der Waals surface area (Å²) in [5.74, 6) is 0.820. The fraction of sp³-hybridized carbons (Fsp3) is 0.241. The predicted molar refractivity (Wildman–Crippen MR) is 134 cm³/mol. The number of rotatable bonds is 3. The van der Waals surface area contributed by atoms with Gasteiger partial charge in [0, 0.05) is 24.6 Å². The molecule has 5 nitrogen and oxygen atoms in total. The van der Waals surface area contributed by atoms with Crippen LogP contribution >= 0.6 is 0 Å². The Kier molecular flexibility index (Phi) is 5.70. The molecule has 1 aliphatic heterocycles. The summed E-state index contributed by atoms with van der Waals surface area (Å²) in [5, 5.41) is 3.55. The van der Waals surface area contributed by atoms with Crippen LogP contribution < -0.4 is 15.0 Å². The fourth-order valence-corrected chi connectivity index (χ4v) is 5.11. The van der Waals surface area contributed by atoms with Crippen LogP contribution in [0.1, 0.15) is 48.4 Å². The van der Waals surface area contributed by atoms with Crippen molar-refractivity contribution in [3.63, 3.8) is 0 Å². The van der Waals surface area contributed by atoms with E-state index in [0.717, 1.165) is 39.5 Å². The van der Waals surface area contributed by atoms with Gasteiger partial charge in [0.15, 0.2) is 5.78 Å². The summed E-state index contributed by atoms with van der Waals surface area (Å²) in [6, 6.07) is 23.4. The molecule has 2 atom stereocenters. The minimum atomic E-state index is -0.478. The van der Waals surface area contributed by atoms with Gasteiger partial charge in [-0.25, -0.2) is 0 Å². The van der Waals surface area contributed by atoms with Crippen LogP contribution in [0.15, 0.2) is 84.1 Å².